The first-order valence-electron chi connectivity index (χ1n) is 4.55. The Bertz CT molecular complexity index is 502. The minimum atomic E-state index is -0.844. The van der Waals surface area contributed by atoms with Gasteiger partial charge in [-0.1, -0.05) is 0 Å². The second-order valence-electron chi connectivity index (χ2n) is 3.26. The van der Waals surface area contributed by atoms with Crippen LogP contribution >= 0.6 is 0 Å². The molecular weight excluding hydrogens is 194 g/mol. The van der Waals surface area contributed by atoms with Crippen molar-refractivity contribution < 1.29 is 14.6 Å². The lowest BCUT2D eigenvalue weighted by Gasteiger charge is -2.02. The first-order chi connectivity index (χ1) is 7.20. The summed E-state index contributed by atoms with van der Waals surface area (Å²) in [6, 6.07) is 7.44. The molecule has 0 radical (unpaired) electrons. The highest BCUT2D eigenvalue weighted by atomic mass is 16.5. The summed E-state index contributed by atoms with van der Waals surface area (Å²) < 4.78 is 6.78. The van der Waals surface area contributed by atoms with Crippen molar-refractivity contribution in [1.29, 1.82) is 0 Å². The van der Waals surface area contributed by atoms with Crippen LogP contribution in [-0.2, 0) is 11.3 Å². The third kappa shape index (κ3) is 1.79. The summed E-state index contributed by atoms with van der Waals surface area (Å²) in [6.07, 6.45) is 1.76. The van der Waals surface area contributed by atoms with Crippen LogP contribution in [0.3, 0.4) is 0 Å². The maximum atomic E-state index is 10.6. The van der Waals surface area contributed by atoms with Crippen molar-refractivity contribution in [1.82, 2.24) is 4.57 Å². The molecule has 1 N–H and O–H groups in total. The SMILES string of the molecule is COc1ccc2c(ccn2CC(=O)O)c1. The molecule has 78 valence electrons. The number of rotatable bonds is 3. The van der Waals surface area contributed by atoms with E-state index in [1.54, 1.807) is 17.9 Å². The molecule has 4 heteroatoms. The van der Waals surface area contributed by atoms with Gasteiger partial charge in [-0.05, 0) is 24.3 Å². The van der Waals surface area contributed by atoms with E-state index < -0.39 is 5.97 Å². The zero-order valence-electron chi connectivity index (χ0n) is 8.30. The summed E-state index contributed by atoms with van der Waals surface area (Å²) in [6.45, 7) is -0.0180. The Labute approximate surface area is 86.7 Å². The van der Waals surface area contributed by atoms with Crippen LogP contribution in [-0.4, -0.2) is 22.8 Å². The van der Waals surface area contributed by atoms with Gasteiger partial charge in [0, 0.05) is 17.1 Å². The Balaban J connectivity index is 2.47. The summed E-state index contributed by atoms with van der Waals surface area (Å²) in [4.78, 5) is 10.6. The predicted octanol–water partition coefficient (Wildman–Crippen LogP) is 1.73. The van der Waals surface area contributed by atoms with Gasteiger partial charge in [-0.15, -0.1) is 0 Å². The van der Waals surface area contributed by atoms with E-state index in [0.29, 0.717) is 0 Å². The minimum absolute atomic E-state index is 0.0180. The van der Waals surface area contributed by atoms with Crippen LogP contribution in [0.15, 0.2) is 30.5 Å². The molecule has 15 heavy (non-hydrogen) atoms. The van der Waals surface area contributed by atoms with Crippen LogP contribution in [0.4, 0.5) is 0 Å². The van der Waals surface area contributed by atoms with Gasteiger partial charge in [-0.3, -0.25) is 4.79 Å². The van der Waals surface area contributed by atoms with Crippen LogP contribution in [0.2, 0.25) is 0 Å². The average Bonchev–Trinajstić information content (AvgIpc) is 2.60. The highest BCUT2D eigenvalue weighted by molar-refractivity contribution is 5.83. The fraction of sp³-hybridized carbons (Fsp3) is 0.182. The number of benzene rings is 1. The van der Waals surface area contributed by atoms with Crippen molar-refractivity contribution in [3.05, 3.63) is 30.5 Å². The number of hydrogen-bond acceptors (Lipinski definition) is 2. The van der Waals surface area contributed by atoms with Crippen molar-refractivity contribution in [2.75, 3.05) is 7.11 Å². The highest BCUT2D eigenvalue weighted by Crippen LogP contribution is 2.21. The zero-order chi connectivity index (χ0) is 10.8. The second-order valence-corrected chi connectivity index (χ2v) is 3.26. The predicted molar refractivity (Wildman–Crippen MR) is 56.1 cm³/mol. The first-order valence-corrected chi connectivity index (χ1v) is 4.55. The topological polar surface area (TPSA) is 51.5 Å². The van der Waals surface area contributed by atoms with E-state index in [0.717, 1.165) is 16.7 Å². The smallest absolute Gasteiger partial charge is 0.323 e. The van der Waals surface area contributed by atoms with Gasteiger partial charge >= 0.3 is 5.97 Å². The number of nitrogens with zero attached hydrogens (tertiary/aromatic N) is 1. The molecule has 2 rings (SSSR count). The average molecular weight is 205 g/mol. The third-order valence-electron chi connectivity index (χ3n) is 2.28. The lowest BCUT2D eigenvalue weighted by molar-refractivity contribution is -0.137. The Hall–Kier alpha value is -1.97. The molecule has 1 aromatic carbocycles. The van der Waals surface area contributed by atoms with Gasteiger partial charge in [0.15, 0.2) is 0 Å². The van der Waals surface area contributed by atoms with Crippen molar-refractivity contribution in [2.45, 2.75) is 6.54 Å². The molecule has 0 aliphatic carbocycles. The number of aliphatic carboxylic acids is 1. The van der Waals surface area contributed by atoms with Crippen molar-refractivity contribution >= 4 is 16.9 Å². The van der Waals surface area contributed by atoms with Gasteiger partial charge < -0.3 is 14.4 Å². The molecule has 1 aromatic heterocycles. The van der Waals surface area contributed by atoms with Crippen LogP contribution in [0.25, 0.3) is 10.9 Å². The number of aromatic nitrogens is 1. The quantitative estimate of drug-likeness (QED) is 0.830. The van der Waals surface area contributed by atoms with Crippen molar-refractivity contribution in [2.24, 2.45) is 0 Å². The lowest BCUT2D eigenvalue weighted by atomic mass is 10.2. The van der Waals surface area contributed by atoms with Crippen LogP contribution < -0.4 is 4.74 Å². The highest BCUT2D eigenvalue weighted by Gasteiger charge is 2.04. The standard InChI is InChI=1S/C11H11NO3/c1-15-9-2-3-10-8(6-9)4-5-12(10)7-11(13)14/h2-6H,7H2,1H3,(H,13,14). The second kappa shape index (κ2) is 3.65. The Morgan fingerprint density at radius 1 is 1.47 bits per heavy atom. The summed E-state index contributed by atoms with van der Waals surface area (Å²) in [5.41, 5.74) is 0.901. The number of carbonyl (C=O) groups is 1. The fourth-order valence-corrected chi connectivity index (χ4v) is 1.59. The maximum absolute atomic E-state index is 10.6. The van der Waals surface area contributed by atoms with Gasteiger partial charge in [-0.25, -0.2) is 0 Å². The molecule has 2 aromatic rings. The van der Waals surface area contributed by atoms with Crippen LogP contribution in [0, 0.1) is 0 Å². The van der Waals surface area contributed by atoms with E-state index in [-0.39, 0.29) is 6.54 Å². The molecule has 0 atom stereocenters. The molecule has 0 saturated carbocycles. The summed E-state index contributed by atoms with van der Waals surface area (Å²) in [5.74, 6) is -0.0705. The van der Waals surface area contributed by atoms with E-state index in [1.807, 2.05) is 24.3 Å². The summed E-state index contributed by atoms with van der Waals surface area (Å²) in [5, 5.41) is 9.68. The number of ether oxygens (including phenoxy) is 1. The summed E-state index contributed by atoms with van der Waals surface area (Å²) in [7, 11) is 1.61. The molecule has 1 heterocycles. The fourth-order valence-electron chi connectivity index (χ4n) is 1.59. The lowest BCUT2D eigenvalue weighted by Crippen LogP contribution is -2.06. The van der Waals surface area contributed by atoms with E-state index in [1.165, 1.54) is 0 Å². The Morgan fingerprint density at radius 3 is 2.93 bits per heavy atom. The van der Waals surface area contributed by atoms with Gasteiger partial charge in [-0.2, -0.15) is 0 Å². The molecule has 0 saturated heterocycles. The zero-order valence-corrected chi connectivity index (χ0v) is 8.30. The van der Waals surface area contributed by atoms with Gasteiger partial charge in [0.2, 0.25) is 0 Å². The minimum Gasteiger partial charge on any atom is -0.497 e. The van der Waals surface area contributed by atoms with Crippen molar-refractivity contribution in [3.8, 4) is 5.75 Å². The molecular formula is C11H11NO3. The summed E-state index contributed by atoms with van der Waals surface area (Å²) >= 11 is 0. The molecule has 0 aliphatic heterocycles. The number of hydrogen-bond donors (Lipinski definition) is 1. The molecule has 4 nitrogen and oxygen atoms in total. The van der Waals surface area contributed by atoms with Gasteiger partial charge in [0.05, 0.1) is 7.11 Å². The normalized spacial score (nSPS) is 10.5. The van der Waals surface area contributed by atoms with E-state index in [4.69, 9.17) is 9.84 Å². The van der Waals surface area contributed by atoms with E-state index >= 15 is 0 Å². The Morgan fingerprint density at radius 2 is 2.27 bits per heavy atom. The molecule has 0 fully saturated rings. The van der Waals surface area contributed by atoms with Crippen LogP contribution in [0.5, 0.6) is 5.75 Å². The first kappa shape index (κ1) is 9.58. The van der Waals surface area contributed by atoms with Gasteiger partial charge in [0.1, 0.15) is 12.3 Å². The largest absolute Gasteiger partial charge is 0.497 e. The third-order valence-corrected chi connectivity index (χ3v) is 2.28. The number of carboxylic acid groups (broad SMARTS) is 1. The van der Waals surface area contributed by atoms with Crippen molar-refractivity contribution in [3.63, 3.8) is 0 Å². The molecule has 0 unspecified atom stereocenters. The van der Waals surface area contributed by atoms with Gasteiger partial charge in [0.25, 0.3) is 0 Å². The monoisotopic (exact) mass is 205 g/mol. The number of fused-ring (bicyclic) bond motifs is 1. The molecule has 0 aliphatic rings. The Kier molecular flexibility index (Phi) is 2.33. The molecule has 0 bridgehead atoms. The maximum Gasteiger partial charge on any atom is 0.323 e. The number of carboxylic acids is 1. The number of methoxy groups -OCH3 is 1. The van der Waals surface area contributed by atoms with E-state index in [2.05, 4.69) is 0 Å². The van der Waals surface area contributed by atoms with Crippen LogP contribution in [0.1, 0.15) is 0 Å². The molecule has 0 spiro atoms. The molecule has 0 amide bonds. The van der Waals surface area contributed by atoms with E-state index in [9.17, 15) is 4.79 Å².